The molecule has 6 unspecified atom stereocenters. The lowest BCUT2D eigenvalue weighted by Crippen LogP contribution is -2.55. The third-order valence-electron chi connectivity index (χ3n) is 8.13. The minimum atomic E-state index is -0.284. The Bertz CT molecular complexity index is 867. The van der Waals surface area contributed by atoms with Gasteiger partial charge in [0.05, 0.1) is 18.6 Å². The second-order valence-electron chi connectivity index (χ2n) is 11.7. The molecule has 0 bridgehead atoms. The van der Waals surface area contributed by atoms with Gasteiger partial charge >= 0.3 is 5.97 Å². The summed E-state index contributed by atoms with van der Waals surface area (Å²) in [6, 6.07) is 7.96. The first-order valence-corrected chi connectivity index (χ1v) is 13.6. The van der Waals surface area contributed by atoms with Crippen molar-refractivity contribution in [1.29, 1.82) is 0 Å². The molecule has 0 N–H and O–H groups in total. The lowest BCUT2D eigenvalue weighted by molar-refractivity contribution is -0.171. The summed E-state index contributed by atoms with van der Waals surface area (Å²) in [7, 11) is 5.77. The van der Waals surface area contributed by atoms with Crippen LogP contribution in [0.4, 0.5) is 0 Å². The third-order valence-corrected chi connectivity index (χ3v) is 8.13. The first-order valence-electron chi connectivity index (χ1n) is 13.6. The molecule has 1 aromatic carbocycles. The Morgan fingerprint density at radius 1 is 1.22 bits per heavy atom. The molecule has 7 nitrogen and oxygen atoms in total. The summed E-state index contributed by atoms with van der Waals surface area (Å²) in [5, 5.41) is 0. The van der Waals surface area contributed by atoms with Gasteiger partial charge in [0.2, 0.25) is 0 Å². The number of likely N-dealkylation sites (N-methyl/N-ethyl adjacent to an activating group) is 1. The SMILES string of the molecule is COC1C(OC(=O)CCc2ccc(OCCN(C)C)cc2)CCC2(CO2)C1C1(C)OC1CCC(C)C. The average molecular weight is 504 g/mol. The Labute approximate surface area is 216 Å². The zero-order valence-corrected chi connectivity index (χ0v) is 23.0. The number of methoxy groups -OCH3 is 1. The monoisotopic (exact) mass is 503 g/mol. The topological polar surface area (TPSA) is 73.1 Å². The number of carbonyl (C=O) groups excluding carboxylic acids is 1. The predicted octanol–water partition coefficient (Wildman–Crippen LogP) is 4.26. The predicted molar refractivity (Wildman–Crippen MR) is 138 cm³/mol. The van der Waals surface area contributed by atoms with Gasteiger partial charge in [0.25, 0.3) is 0 Å². The van der Waals surface area contributed by atoms with Gasteiger partial charge in [-0.25, -0.2) is 0 Å². The molecule has 2 saturated heterocycles. The highest BCUT2D eigenvalue weighted by Crippen LogP contribution is 2.59. The average Bonchev–Trinajstić information content (AvgIpc) is 3.75. The number of esters is 1. The van der Waals surface area contributed by atoms with E-state index in [9.17, 15) is 4.79 Å². The Morgan fingerprint density at radius 2 is 1.94 bits per heavy atom. The van der Waals surface area contributed by atoms with Crippen LogP contribution in [-0.4, -0.2) is 81.3 Å². The lowest BCUT2D eigenvalue weighted by atomic mass is 9.68. The van der Waals surface area contributed by atoms with Crippen molar-refractivity contribution < 1.29 is 28.5 Å². The van der Waals surface area contributed by atoms with Gasteiger partial charge in [0.15, 0.2) is 0 Å². The van der Waals surface area contributed by atoms with Gasteiger partial charge in [-0.3, -0.25) is 4.79 Å². The summed E-state index contributed by atoms with van der Waals surface area (Å²) in [4.78, 5) is 14.9. The van der Waals surface area contributed by atoms with E-state index in [1.165, 1.54) is 0 Å². The summed E-state index contributed by atoms with van der Waals surface area (Å²) >= 11 is 0. The highest BCUT2D eigenvalue weighted by Gasteiger charge is 2.72. The van der Waals surface area contributed by atoms with Crippen molar-refractivity contribution in [1.82, 2.24) is 4.90 Å². The maximum atomic E-state index is 12.8. The number of nitrogens with zero attached hydrogens (tertiary/aromatic N) is 1. The van der Waals surface area contributed by atoms with Crippen molar-refractivity contribution in [2.24, 2.45) is 11.8 Å². The normalized spacial score (nSPS) is 33.2. The maximum Gasteiger partial charge on any atom is 0.306 e. The highest BCUT2D eigenvalue weighted by molar-refractivity contribution is 5.70. The summed E-state index contributed by atoms with van der Waals surface area (Å²) in [6.45, 7) is 8.94. The van der Waals surface area contributed by atoms with Crippen LogP contribution in [-0.2, 0) is 30.2 Å². The van der Waals surface area contributed by atoms with Crippen LogP contribution in [0.15, 0.2) is 24.3 Å². The molecule has 2 aliphatic heterocycles. The molecule has 1 aromatic rings. The molecule has 2 heterocycles. The quantitative estimate of drug-likeness (QED) is 0.294. The zero-order chi connectivity index (χ0) is 25.9. The molecule has 7 heteroatoms. The lowest BCUT2D eigenvalue weighted by Gasteiger charge is -2.42. The Hall–Kier alpha value is -1.67. The molecule has 3 fully saturated rings. The van der Waals surface area contributed by atoms with Gasteiger partial charge in [-0.05, 0) is 76.7 Å². The Morgan fingerprint density at radius 3 is 2.56 bits per heavy atom. The van der Waals surface area contributed by atoms with E-state index in [1.54, 1.807) is 7.11 Å². The smallest absolute Gasteiger partial charge is 0.306 e. The van der Waals surface area contributed by atoms with Crippen LogP contribution in [0.1, 0.15) is 58.4 Å². The molecular formula is C29H45NO6. The van der Waals surface area contributed by atoms with E-state index in [-0.39, 0.29) is 41.4 Å². The number of epoxide rings is 2. The molecule has 202 valence electrons. The number of aryl methyl sites for hydroxylation is 1. The van der Waals surface area contributed by atoms with Crippen LogP contribution in [0.2, 0.25) is 0 Å². The molecule has 6 atom stereocenters. The van der Waals surface area contributed by atoms with E-state index in [0.29, 0.717) is 25.4 Å². The molecule has 1 aliphatic carbocycles. The van der Waals surface area contributed by atoms with Crippen molar-refractivity contribution in [3.63, 3.8) is 0 Å². The van der Waals surface area contributed by atoms with Crippen molar-refractivity contribution >= 4 is 5.97 Å². The van der Waals surface area contributed by atoms with Gasteiger partial charge in [-0.1, -0.05) is 26.0 Å². The van der Waals surface area contributed by atoms with Crippen LogP contribution in [0.25, 0.3) is 0 Å². The minimum Gasteiger partial charge on any atom is -0.492 e. The van der Waals surface area contributed by atoms with E-state index in [0.717, 1.165) is 50.1 Å². The first-order chi connectivity index (χ1) is 17.2. The molecule has 3 aliphatic rings. The molecule has 0 aromatic heterocycles. The Balaban J connectivity index is 1.30. The first kappa shape index (κ1) is 27.4. The van der Waals surface area contributed by atoms with Gasteiger partial charge in [-0.15, -0.1) is 0 Å². The van der Waals surface area contributed by atoms with Crippen molar-refractivity contribution in [3.05, 3.63) is 29.8 Å². The second-order valence-corrected chi connectivity index (χ2v) is 11.7. The van der Waals surface area contributed by atoms with Crippen LogP contribution >= 0.6 is 0 Å². The van der Waals surface area contributed by atoms with Gasteiger partial charge in [0, 0.05) is 20.1 Å². The van der Waals surface area contributed by atoms with Crippen LogP contribution in [0.3, 0.4) is 0 Å². The van der Waals surface area contributed by atoms with Crippen molar-refractivity contribution in [2.45, 2.75) is 88.8 Å². The van der Waals surface area contributed by atoms with Crippen LogP contribution in [0, 0.1) is 11.8 Å². The van der Waals surface area contributed by atoms with Gasteiger partial charge < -0.3 is 28.6 Å². The number of ether oxygens (including phenoxy) is 5. The maximum absolute atomic E-state index is 12.8. The largest absolute Gasteiger partial charge is 0.492 e. The van der Waals surface area contributed by atoms with E-state index in [4.69, 9.17) is 23.7 Å². The standard InChI is InChI=1S/C29H45NO6/c1-20(2)7-13-24-28(3,36-24)27-26(32-6)23(15-16-29(27)19-34-29)35-25(31)14-10-21-8-11-22(12-9-21)33-18-17-30(4)5/h8-9,11-12,20,23-24,26-27H,7,10,13-19H2,1-6H3. The molecule has 0 radical (unpaired) electrons. The number of rotatable bonds is 13. The molecule has 4 rings (SSSR count). The highest BCUT2D eigenvalue weighted by atomic mass is 16.6. The third kappa shape index (κ3) is 6.42. The molecular weight excluding hydrogens is 458 g/mol. The molecule has 1 spiro atoms. The van der Waals surface area contributed by atoms with E-state index in [2.05, 4.69) is 25.7 Å². The van der Waals surface area contributed by atoms with Gasteiger partial charge in [0.1, 0.15) is 35.8 Å². The fourth-order valence-electron chi connectivity index (χ4n) is 5.85. The van der Waals surface area contributed by atoms with Gasteiger partial charge in [-0.2, -0.15) is 0 Å². The second kappa shape index (κ2) is 11.4. The van der Waals surface area contributed by atoms with E-state index < -0.39 is 0 Å². The van der Waals surface area contributed by atoms with Crippen molar-refractivity contribution in [3.8, 4) is 5.75 Å². The summed E-state index contributed by atoms with van der Waals surface area (Å²) in [6.07, 6.45) is 4.50. The molecule has 1 saturated carbocycles. The fraction of sp³-hybridized carbons (Fsp3) is 0.759. The van der Waals surface area contributed by atoms with E-state index in [1.807, 2.05) is 38.4 Å². The number of benzene rings is 1. The fourth-order valence-corrected chi connectivity index (χ4v) is 5.85. The molecule has 0 amide bonds. The number of hydrogen-bond donors (Lipinski definition) is 0. The summed E-state index contributed by atoms with van der Waals surface area (Å²) in [5.41, 5.74) is 0.614. The Kier molecular flexibility index (Phi) is 8.65. The summed E-state index contributed by atoms with van der Waals surface area (Å²) in [5.74, 6) is 1.38. The molecule has 36 heavy (non-hydrogen) atoms. The van der Waals surface area contributed by atoms with Crippen LogP contribution < -0.4 is 4.74 Å². The van der Waals surface area contributed by atoms with E-state index >= 15 is 0 Å². The minimum absolute atomic E-state index is 0.0683. The number of hydrogen-bond acceptors (Lipinski definition) is 7. The zero-order valence-electron chi connectivity index (χ0n) is 23.0. The number of carbonyl (C=O) groups is 1. The van der Waals surface area contributed by atoms with Crippen molar-refractivity contribution in [2.75, 3.05) is 41.0 Å². The van der Waals surface area contributed by atoms with Crippen LogP contribution in [0.5, 0.6) is 5.75 Å². The summed E-state index contributed by atoms with van der Waals surface area (Å²) < 4.78 is 30.1.